The number of carbonyl (C=O) groups excluding carboxylic acids is 2. The van der Waals surface area contributed by atoms with E-state index in [9.17, 15) is 9.59 Å². The Kier molecular flexibility index (Phi) is 6.73. The molecule has 136 valence electrons. The summed E-state index contributed by atoms with van der Waals surface area (Å²) < 4.78 is 10.4. The van der Waals surface area contributed by atoms with Crippen LogP contribution in [0.5, 0.6) is 11.5 Å². The van der Waals surface area contributed by atoms with Gasteiger partial charge in [0.05, 0.1) is 20.4 Å². The van der Waals surface area contributed by atoms with Crippen molar-refractivity contribution in [1.82, 2.24) is 5.43 Å². The standard InChI is InChI=1S/C19H21N3O4/c1-4-13-8-10-15(11-9-13)21-18(23)19(24)22-20-12-14-6-5-7-16(25-2)17(14)26-3/h5-12H,4H2,1-3H3,(H,21,23)(H,22,24)/b20-12+. The number of ether oxygens (including phenoxy) is 2. The summed E-state index contributed by atoms with van der Waals surface area (Å²) in [7, 11) is 3.03. The molecule has 0 bridgehead atoms. The molecule has 0 unspecified atom stereocenters. The molecule has 0 heterocycles. The van der Waals surface area contributed by atoms with Crippen LogP contribution in [0.25, 0.3) is 0 Å². The Bertz CT molecular complexity index is 801. The van der Waals surface area contributed by atoms with Gasteiger partial charge < -0.3 is 14.8 Å². The van der Waals surface area contributed by atoms with Crippen LogP contribution in [0, 0.1) is 0 Å². The molecule has 0 fully saturated rings. The van der Waals surface area contributed by atoms with E-state index in [0.717, 1.165) is 12.0 Å². The van der Waals surface area contributed by atoms with Crippen LogP contribution < -0.4 is 20.2 Å². The molecular formula is C19H21N3O4. The Morgan fingerprint density at radius 1 is 1.04 bits per heavy atom. The topological polar surface area (TPSA) is 89.0 Å². The molecule has 2 aromatic carbocycles. The van der Waals surface area contributed by atoms with Gasteiger partial charge in [-0.25, -0.2) is 5.43 Å². The van der Waals surface area contributed by atoms with Gasteiger partial charge in [0.1, 0.15) is 0 Å². The number of nitrogens with zero attached hydrogens (tertiary/aromatic N) is 1. The average Bonchev–Trinajstić information content (AvgIpc) is 2.68. The SMILES string of the molecule is CCc1ccc(NC(=O)C(=O)N/N=C/c2cccc(OC)c2OC)cc1. The van der Waals surface area contributed by atoms with Gasteiger partial charge in [-0.05, 0) is 36.2 Å². The van der Waals surface area contributed by atoms with Crippen LogP contribution >= 0.6 is 0 Å². The number of hydrogen-bond acceptors (Lipinski definition) is 5. The van der Waals surface area contributed by atoms with E-state index in [-0.39, 0.29) is 0 Å². The van der Waals surface area contributed by atoms with E-state index < -0.39 is 11.8 Å². The first kappa shape index (κ1) is 19.0. The van der Waals surface area contributed by atoms with E-state index in [1.807, 2.05) is 19.1 Å². The zero-order valence-electron chi connectivity index (χ0n) is 14.9. The largest absolute Gasteiger partial charge is 0.493 e. The molecule has 2 amide bonds. The van der Waals surface area contributed by atoms with E-state index in [2.05, 4.69) is 15.8 Å². The lowest BCUT2D eigenvalue weighted by Crippen LogP contribution is -2.32. The van der Waals surface area contributed by atoms with Crippen molar-refractivity contribution in [3.63, 3.8) is 0 Å². The Balaban J connectivity index is 1.97. The molecule has 0 aliphatic heterocycles. The van der Waals surface area contributed by atoms with Crippen molar-refractivity contribution in [2.45, 2.75) is 13.3 Å². The molecule has 0 radical (unpaired) electrons. The Morgan fingerprint density at radius 2 is 1.77 bits per heavy atom. The van der Waals surface area contributed by atoms with Crippen LogP contribution in [0.4, 0.5) is 5.69 Å². The van der Waals surface area contributed by atoms with Crippen molar-refractivity contribution in [1.29, 1.82) is 0 Å². The first-order valence-electron chi connectivity index (χ1n) is 8.03. The van der Waals surface area contributed by atoms with Crippen molar-refractivity contribution in [3.8, 4) is 11.5 Å². The summed E-state index contributed by atoms with van der Waals surface area (Å²) >= 11 is 0. The number of carbonyl (C=O) groups is 2. The number of anilines is 1. The molecule has 7 nitrogen and oxygen atoms in total. The van der Waals surface area contributed by atoms with Gasteiger partial charge in [0.25, 0.3) is 0 Å². The lowest BCUT2D eigenvalue weighted by molar-refractivity contribution is -0.136. The molecule has 0 saturated carbocycles. The third-order valence-corrected chi connectivity index (χ3v) is 3.63. The van der Waals surface area contributed by atoms with Gasteiger partial charge in [-0.15, -0.1) is 0 Å². The molecule has 0 spiro atoms. The summed E-state index contributed by atoms with van der Waals surface area (Å²) in [5.41, 5.74) is 4.47. The summed E-state index contributed by atoms with van der Waals surface area (Å²) in [6.45, 7) is 2.04. The van der Waals surface area contributed by atoms with Gasteiger partial charge in [-0.1, -0.05) is 25.1 Å². The number of para-hydroxylation sites is 1. The fourth-order valence-corrected chi connectivity index (χ4v) is 2.24. The number of aryl methyl sites for hydroxylation is 1. The molecule has 0 aliphatic rings. The number of rotatable bonds is 6. The smallest absolute Gasteiger partial charge is 0.329 e. The number of hydrogen-bond donors (Lipinski definition) is 2. The molecule has 0 saturated heterocycles. The fourth-order valence-electron chi connectivity index (χ4n) is 2.24. The highest BCUT2D eigenvalue weighted by Gasteiger charge is 2.13. The normalized spacial score (nSPS) is 10.4. The second-order valence-electron chi connectivity index (χ2n) is 5.29. The van der Waals surface area contributed by atoms with Gasteiger partial charge in [-0.3, -0.25) is 9.59 Å². The summed E-state index contributed by atoms with van der Waals surface area (Å²) in [6, 6.07) is 12.5. The minimum Gasteiger partial charge on any atom is -0.493 e. The van der Waals surface area contributed by atoms with Crippen LogP contribution in [0.15, 0.2) is 47.6 Å². The number of nitrogens with one attached hydrogen (secondary N) is 2. The Hall–Kier alpha value is -3.35. The maximum absolute atomic E-state index is 11.9. The zero-order valence-corrected chi connectivity index (χ0v) is 14.9. The molecule has 7 heteroatoms. The van der Waals surface area contributed by atoms with E-state index in [1.54, 1.807) is 30.3 Å². The van der Waals surface area contributed by atoms with E-state index in [0.29, 0.717) is 22.7 Å². The predicted octanol–water partition coefficient (Wildman–Crippen LogP) is 2.36. The second-order valence-corrected chi connectivity index (χ2v) is 5.29. The van der Waals surface area contributed by atoms with Crippen LogP contribution in [0.1, 0.15) is 18.1 Å². The summed E-state index contributed by atoms with van der Waals surface area (Å²) in [5, 5.41) is 6.31. The number of hydrazone groups is 1. The highest BCUT2D eigenvalue weighted by atomic mass is 16.5. The van der Waals surface area contributed by atoms with Gasteiger partial charge in [0.15, 0.2) is 11.5 Å². The minimum atomic E-state index is -0.873. The summed E-state index contributed by atoms with van der Waals surface area (Å²) in [6.07, 6.45) is 2.28. The van der Waals surface area contributed by atoms with Crippen molar-refractivity contribution in [2.24, 2.45) is 5.10 Å². The molecule has 0 aliphatic carbocycles. The van der Waals surface area contributed by atoms with Gasteiger partial charge >= 0.3 is 11.8 Å². The van der Waals surface area contributed by atoms with Crippen molar-refractivity contribution < 1.29 is 19.1 Å². The number of methoxy groups -OCH3 is 2. The highest BCUT2D eigenvalue weighted by Crippen LogP contribution is 2.29. The van der Waals surface area contributed by atoms with E-state index in [1.165, 1.54) is 20.4 Å². The molecular weight excluding hydrogens is 334 g/mol. The first-order valence-corrected chi connectivity index (χ1v) is 8.03. The van der Waals surface area contributed by atoms with Gasteiger partial charge in [0, 0.05) is 11.3 Å². The Morgan fingerprint density at radius 3 is 2.38 bits per heavy atom. The maximum Gasteiger partial charge on any atom is 0.329 e. The average molecular weight is 355 g/mol. The van der Waals surface area contributed by atoms with Crippen molar-refractivity contribution in [2.75, 3.05) is 19.5 Å². The molecule has 2 N–H and O–H groups in total. The molecule has 0 aromatic heterocycles. The number of amides is 2. The molecule has 26 heavy (non-hydrogen) atoms. The van der Waals surface area contributed by atoms with Crippen molar-refractivity contribution >= 4 is 23.7 Å². The van der Waals surface area contributed by atoms with Crippen LogP contribution in [0.3, 0.4) is 0 Å². The first-order chi connectivity index (χ1) is 12.6. The number of benzene rings is 2. The van der Waals surface area contributed by atoms with Crippen LogP contribution in [0.2, 0.25) is 0 Å². The summed E-state index contributed by atoms with van der Waals surface area (Å²) in [4.78, 5) is 23.7. The van der Waals surface area contributed by atoms with E-state index >= 15 is 0 Å². The van der Waals surface area contributed by atoms with Gasteiger partial charge in [0.2, 0.25) is 0 Å². The Labute approximate surface area is 152 Å². The third kappa shape index (κ3) is 4.83. The lowest BCUT2D eigenvalue weighted by Gasteiger charge is -2.09. The van der Waals surface area contributed by atoms with Crippen molar-refractivity contribution in [3.05, 3.63) is 53.6 Å². The highest BCUT2D eigenvalue weighted by molar-refractivity contribution is 6.39. The monoisotopic (exact) mass is 355 g/mol. The lowest BCUT2D eigenvalue weighted by atomic mass is 10.1. The third-order valence-electron chi connectivity index (χ3n) is 3.63. The maximum atomic E-state index is 11.9. The quantitative estimate of drug-likeness (QED) is 0.473. The minimum absolute atomic E-state index is 0.480. The fraction of sp³-hybridized carbons (Fsp3) is 0.211. The van der Waals surface area contributed by atoms with Crippen LogP contribution in [-0.2, 0) is 16.0 Å². The van der Waals surface area contributed by atoms with E-state index in [4.69, 9.17) is 9.47 Å². The van der Waals surface area contributed by atoms with Crippen LogP contribution in [-0.4, -0.2) is 32.2 Å². The second kappa shape index (κ2) is 9.22. The summed E-state index contributed by atoms with van der Waals surface area (Å²) in [5.74, 6) is -0.656. The molecule has 2 rings (SSSR count). The molecule has 2 aromatic rings. The molecule has 0 atom stereocenters. The zero-order chi connectivity index (χ0) is 18.9. The predicted molar refractivity (Wildman–Crippen MR) is 99.7 cm³/mol. The van der Waals surface area contributed by atoms with Gasteiger partial charge in [-0.2, -0.15) is 5.10 Å².